The van der Waals surface area contributed by atoms with E-state index in [2.05, 4.69) is 27.2 Å². The Balaban J connectivity index is 1.41. The van der Waals surface area contributed by atoms with Crippen LogP contribution in [-0.4, -0.2) is 35.3 Å². The zero-order valence-corrected chi connectivity index (χ0v) is 14.6. The summed E-state index contributed by atoms with van der Waals surface area (Å²) in [5, 5.41) is 8.18. The molecule has 4 rings (SSSR count). The van der Waals surface area contributed by atoms with E-state index in [4.69, 9.17) is 9.15 Å². The van der Waals surface area contributed by atoms with Gasteiger partial charge in [0.15, 0.2) is 0 Å². The van der Waals surface area contributed by atoms with E-state index < -0.39 is 0 Å². The van der Waals surface area contributed by atoms with Crippen molar-refractivity contribution in [2.75, 3.05) is 20.2 Å². The molecule has 0 amide bonds. The largest absolute Gasteiger partial charge is 0.497 e. The van der Waals surface area contributed by atoms with Gasteiger partial charge in [0.05, 0.1) is 18.6 Å². The quantitative estimate of drug-likeness (QED) is 0.697. The van der Waals surface area contributed by atoms with E-state index in [-0.39, 0.29) is 17.6 Å². The molecule has 0 radical (unpaired) electrons. The summed E-state index contributed by atoms with van der Waals surface area (Å²) in [5.41, 5.74) is 1.59. The number of benzene rings is 2. The van der Waals surface area contributed by atoms with Gasteiger partial charge in [-0.3, -0.25) is 4.90 Å². The third-order valence-electron chi connectivity index (χ3n) is 4.73. The van der Waals surface area contributed by atoms with E-state index in [0.717, 1.165) is 31.8 Å². The predicted octanol–water partition coefficient (Wildman–Crippen LogP) is 3.87. The van der Waals surface area contributed by atoms with Crippen LogP contribution in [0.2, 0.25) is 0 Å². The topological polar surface area (TPSA) is 51.4 Å². The van der Waals surface area contributed by atoms with Crippen LogP contribution in [0.4, 0.5) is 4.39 Å². The summed E-state index contributed by atoms with van der Waals surface area (Å²) in [5.74, 6) is 1.52. The SMILES string of the molecule is COc1ccc(CN2CC[C@H](c3nnc(-c4ccccc4F)o3)C2)cc1. The second-order valence-corrected chi connectivity index (χ2v) is 6.49. The lowest BCUT2D eigenvalue weighted by molar-refractivity contribution is 0.320. The monoisotopic (exact) mass is 353 g/mol. The number of likely N-dealkylation sites (tertiary alicyclic amines) is 1. The zero-order chi connectivity index (χ0) is 17.9. The van der Waals surface area contributed by atoms with Crippen LogP contribution in [0.25, 0.3) is 11.5 Å². The van der Waals surface area contributed by atoms with Gasteiger partial charge in [-0.25, -0.2) is 4.39 Å². The Kier molecular flexibility index (Phi) is 4.67. The number of methoxy groups -OCH3 is 1. The molecular formula is C20H20FN3O2. The highest BCUT2D eigenvalue weighted by molar-refractivity contribution is 5.53. The molecule has 1 saturated heterocycles. The summed E-state index contributed by atoms with van der Waals surface area (Å²) in [6.07, 6.45) is 0.953. The molecule has 0 unspecified atom stereocenters. The molecule has 0 bridgehead atoms. The number of rotatable bonds is 5. The third kappa shape index (κ3) is 3.46. The molecule has 2 aromatic carbocycles. The van der Waals surface area contributed by atoms with Crippen LogP contribution in [0.3, 0.4) is 0 Å². The lowest BCUT2D eigenvalue weighted by Crippen LogP contribution is -2.19. The molecule has 1 aliphatic heterocycles. The van der Waals surface area contributed by atoms with Gasteiger partial charge in [-0.05, 0) is 42.8 Å². The fourth-order valence-electron chi connectivity index (χ4n) is 3.31. The van der Waals surface area contributed by atoms with Gasteiger partial charge >= 0.3 is 0 Å². The molecule has 26 heavy (non-hydrogen) atoms. The van der Waals surface area contributed by atoms with Crippen molar-refractivity contribution in [2.45, 2.75) is 18.9 Å². The Hall–Kier alpha value is -2.73. The average molecular weight is 353 g/mol. The highest BCUT2D eigenvalue weighted by Gasteiger charge is 2.28. The van der Waals surface area contributed by atoms with Crippen LogP contribution in [0, 0.1) is 5.82 Å². The van der Waals surface area contributed by atoms with Gasteiger partial charge in [-0.15, -0.1) is 10.2 Å². The van der Waals surface area contributed by atoms with Crippen molar-refractivity contribution in [3.05, 3.63) is 65.8 Å². The number of hydrogen-bond acceptors (Lipinski definition) is 5. The van der Waals surface area contributed by atoms with E-state index in [1.807, 2.05) is 12.1 Å². The second-order valence-electron chi connectivity index (χ2n) is 6.49. The molecule has 1 aromatic heterocycles. The van der Waals surface area contributed by atoms with Crippen molar-refractivity contribution in [1.82, 2.24) is 15.1 Å². The fraction of sp³-hybridized carbons (Fsp3) is 0.300. The Morgan fingerprint density at radius 1 is 1.15 bits per heavy atom. The van der Waals surface area contributed by atoms with Crippen molar-refractivity contribution in [3.63, 3.8) is 0 Å². The van der Waals surface area contributed by atoms with Gasteiger partial charge in [0.1, 0.15) is 11.6 Å². The number of ether oxygens (including phenoxy) is 1. The molecule has 1 fully saturated rings. The summed E-state index contributed by atoms with van der Waals surface area (Å²) in [6, 6.07) is 14.6. The molecule has 6 heteroatoms. The van der Waals surface area contributed by atoms with Gasteiger partial charge in [0.2, 0.25) is 5.89 Å². The molecule has 1 aliphatic rings. The second kappa shape index (κ2) is 7.25. The first-order valence-electron chi connectivity index (χ1n) is 8.66. The average Bonchev–Trinajstić information content (AvgIpc) is 3.32. The van der Waals surface area contributed by atoms with Crippen LogP contribution in [-0.2, 0) is 6.54 Å². The minimum atomic E-state index is -0.352. The highest BCUT2D eigenvalue weighted by atomic mass is 19.1. The molecule has 5 nitrogen and oxygen atoms in total. The van der Waals surface area contributed by atoms with Crippen LogP contribution in [0.15, 0.2) is 52.9 Å². The Morgan fingerprint density at radius 3 is 2.73 bits per heavy atom. The maximum absolute atomic E-state index is 13.9. The highest BCUT2D eigenvalue weighted by Crippen LogP contribution is 2.30. The molecule has 0 spiro atoms. The summed E-state index contributed by atoms with van der Waals surface area (Å²) in [4.78, 5) is 2.36. The maximum Gasteiger partial charge on any atom is 0.250 e. The molecule has 0 saturated carbocycles. The molecule has 0 aliphatic carbocycles. The minimum absolute atomic E-state index is 0.182. The number of hydrogen-bond donors (Lipinski definition) is 0. The summed E-state index contributed by atoms with van der Waals surface area (Å²) in [7, 11) is 1.67. The van der Waals surface area contributed by atoms with Gasteiger partial charge in [0, 0.05) is 13.1 Å². The first-order chi connectivity index (χ1) is 12.7. The number of nitrogens with zero attached hydrogens (tertiary/aromatic N) is 3. The van der Waals surface area contributed by atoms with Crippen molar-refractivity contribution >= 4 is 0 Å². The minimum Gasteiger partial charge on any atom is -0.497 e. The lowest BCUT2D eigenvalue weighted by atomic mass is 10.1. The van der Waals surface area contributed by atoms with E-state index >= 15 is 0 Å². The van der Waals surface area contributed by atoms with Crippen LogP contribution in [0.5, 0.6) is 5.75 Å². The smallest absolute Gasteiger partial charge is 0.250 e. The van der Waals surface area contributed by atoms with E-state index in [9.17, 15) is 4.39 Å². The summed E-state index contributed by atoms with van der Waals surface area (Å²) in [6.45, 7) is 2.69. The van der Waals surface area contributed by atoms with Gasteiger partial charge in [-0.1, -0.05) is 24.3 Å². The third-order valence-corrected chi connectivity index (χ3v) is 4.73. The van der Waals surface area contributed by atoms with Crippen LogP contribution < -0.4 is 4.74 Å². The Bertz CT molecular complexity index is 879. The van der Waals surface area contributed by atoms with Crippen molar-refractivity contribution < 1.29 is 13.5 Å². The van der Waals surface area contributed by atoms with Crippen molar-refractivity contribution in [3.8, 4) is 17.2 Å². The molecule has 1 atom stereocenters. The fourth-order valence-corrected chi connectivity index (χ4v) is 3.31. The Morgan fingerprint density at radius 2 is 1.96 bits per heavy atom. The van der Waals surface area contributed by atoms with E-state index in [1.54, 1.807) is 25.3 Å². The zero-order valence-electron chi connectivity index (χ0n) is 14.6. The standard InChI is InChI=1S/C20H20FN3O2/c1-25-16-8-6-14(7-9-16)12-24-11-10-15(13-24)19-22-23-20(26-19)17-4-2-3-5-18(17)21/h2-9,15H,10-13H2,1H3/t15-/m0/s1. The van der Waals surface area contributed by atoms with Crippen LogP contribution >= 0.6 is 0 Å². The van der Waals surface area contributed by atoms with Crippen LogP contribution in [0.1, 0.15) is 23.8 Å². The summed E-state index contributed by atoms with van der Waals surface area (Å²) < 4.78 is 24.8. The first kappa shape index (κ1) is 16.7. The molecular weight excluding hydrogens is 333 g/mol. The number of halogens is 1. The van der Waals surface area contributed by atoms with Gasteiger partial charge < -0.3 is 9.15 Å². The van der Waals surface area contributed by atoms with Gasteiger partial charge in [-0.2, -0.15) is 0 Å². The maximum atomic E-state index is 13.9. The molecule has 2 heterocycles. The van der Waals surface area contributed by atoms with E-state index in [0.29, 0.717) is 11.5 Å². The molecule has 134 valence electrons. The normalized spacial score (nSPS) is 17.5. The van der Waals surface area contributed by atoms with Gasteiger partial charge in [0.25, 0.3) is 5.89 Å². The van der Waals surface area contributed by atoms with E-state index in [1.165, 1.54) is 11.6 Å². The summed E-state index contributed by atoms with van der Waals surface area (Å²) >= 11 is 0. The van der Waals surface area contributed by atoms with Crippen molar-refractivity contribution in [2.24, 2.45) is 0 Å². The Labute approximate surface area is 151 Å². The lowest BCUT2D eigenvalue weighted by Gasteiger charge is -2.15. The molecule has 0 N–H and O–H groups in total. The predicted molar refractivity (Wildman–Crippen MR) is 95.3 cm³/mol. The first-order valence-corrected chi connectivity index (χ1v) is 8.66. The number of aromatic nitrogens is 2. The van der Waals surface area contributed by atoms with Crippen molar-refractivity contribution in [1.29, 1.82) is 0 Å². The molecule has 3 aromatic rings.